The summed E-state index contributed by atoms with van der Waals surface area (Å²) in [7, 11) is 0. The molecule has 0 atom stereocenters. The summed E-state index contributed by atoms with van der Waals surface area (Å²) in [6.07, 6.45) is 1.73. The van der Waals surface area contributed by atoms with Crippen LogP contribution in [-0.2, 0) is 11.2 Å². The van der Waals surface area contributed by atoms with E-state index in [0.717, 1.165) is 0 Å². The number of phenolic OH excluding ortho intramolecular Hbond substituents is 1. The first-order chi connectivity index (χ1) is 8.65. The van der Waals surface area contributed by atoms with Crippen LogP contribution in [0.15, 0.2) is 42.6 Å². The van der Waals surface area contributed by atoms with Crippen molar-refractivity contribution < 1.29 is 9.90 Å². The molecule has 2 rings (SSSR count). The average molecular weight is 263 g/mol. The lowest BCUT2D eigenvalue weighted by molar-refractivity contribution is -0.115. The van der Waals surface area contributed by atoms with Crippen LogP contribution in [0.4, 0.5) is 5.82 Å². The van der Waals surface area contributed by atoms with Gasteiger partial charge in [0.15, 0.2) is 0 Å². The van der Waals surface area contributed by atoms with Gasteiger partial charge in [0, 0.05) is 11.2 Å². The van der Waals surface area contributed by atoms with E-state index in [1.807, 2.05) is 0 Å². The number of benzene rings is 1. The fourth-order valence-corrected chi connectivity index (χ4v) is 1.72. The number of aromatic nitrogens is 1. The molecule has 0 aliphatic heterocycles. The Morgan fingerprint density at radius 3 is 2.83 bits per heavy atom. The van der Waals surface area contributed by atoms with Gasteiger partial charge in [-0.25, -0.2) is 4.98 Å². The number of anilines is 1. The first-order valence-electron chi connectivity index (χ1n) is 5.33. The van der Waals surface area contributed by atoms with Crippen LogP contribution >= 0.6 is 11.6 Å². The highest BCUT2D eigenvalue weighted by Gasteiger charge is 2.08. The van der Waals surface area contributed by atoms with Crippen LogP contribution in [-0.4, -0.2) is 16.0 Å². The molecule has 0 fully saturated rings. The molecule has 4 nitrogen and oxygen atoms in total. The predicted octanol–water partition coefficient (Wildman–Crippen LogP) is 2.62. The number of hydrogen-bond acceptors (Lipinski definition) is 3. The summed E-state index contributed by atoms with van der Waals surface area (Å²) < 4.78 is 0. The van der Waals surface area contributed by atoms with E-state index in [4.69, 9.17) is 11.6 Å². The lowest BCUT2D eigenvalue weighted by Crippen LogP contribution is -2.15. The first kappa shape index (κ1) is 12.4. The highest BCUT2D eigenvalue weighted by molar-refractivity contribution is 6.31. The topological polar surface area (TPSA) is 62.2 Å². The number of hydrogen-bond donors (Lipinski definition) is 2. The number of nitrogens with one attached hydrogen (secondary N) is 1. The Hall–Kier alpha value is -2.07. The molecule has 2 N–H and O–H groups in total. The third-order valence-corrected chi connectivity index (χ3v) is 2.67. The number of pyridine rings is 1. The minimum atomic E-state index is -0.207. The van der Waals surface area contributed by atoms with Crippen LogP contribution < -0.4 is 5.32 Å². The second kappa shape index (κ2) is 5.51. The number of carbonyl (C=O) groups excluding carboxylic acids is 1. The Kier molecular flexibility index (Phi) is 3.79. The number of amides is 1. The molecule has 1 aromatic carbocycles. The highest BCUT2D eigenvalue weighted by atomic mass is 35.5. The minimum Gasteiger partial charge on any atom is -0.508 e. The summed E-state index contributed by atoms with van der Waals surface area (Å²) in [6, 6.07) is 9.79. The van der Waals surface area contributed by atoms with E-state index in [1.165, 1.54) is 12.1 Å². The van der Waals surface area contributed by atoms with E-state index in [2.05, 4.69) is 10.3 Å². The van der Waals surface area contributed by atoms with Crippen molar-refractivity contribution >= 4 is 23.3 Å². The molecule has 0 bridgehead atoms. The van der Waals surface area contributed by atoms with Crippen LogP contribution in [0.2, 0.25) is 5.02 Å². The van der Waals surface area contributed by atoms with Crippen molar-refractivity contribution in [1.82, 2.24) is 4.98 Å². The molecule has 0 spiro atoms. The lowest BCUT2D eigenvalue weighted by Gasteiger charge is -2.06. The van der Waals surface area contributed by atoms with Crippen molar-refractivity contribution in [3.05, 3.63) is 53.2 Å². The lowest BCUT2D eigenvalue weighted by atomic mass is 10.1. The van der Waals surface area contributed by atoms with Gasteiger partial charge >= 0.3 is 0 Å². The Morgan fingerprint density at radius 1 is 1.33 bits per heavy atom. The zero-order valence-electron chi connectivity index (χ0n) is 9.43. The number of nitrogens with zero attached hydrogens (tertiary/aromatic N) is 1. The van der Waals surface area contributed by atoms with Crippen LogP contribution in [0.5, 0.6) is 5.75 Å². The van der Waals surface area contributed by atoms with Gasteiger partial charge in [0.05, 0.1) is 6.42 Å². The molecule has 0 aliphatic carbocycles. The van der Waals surface area contributed by atoms with Crippen molar-refractivity contribution in [2.45, 2.75) is 6.42 Å². The number of carbonyl (C=O) groups is 1. The SMILES string of the molecule is O=C(Cc1ccc(O)cc1Cl)Nc1ccccn1. The highest BCUT2D eigenvalue weighted by Crippen LogP contribution is 2.22. The van der Waals surface area contributed by atoms with Gasteiger partial charge in [-0.15, -0.1) is 0 Å². The molecule has 2 aromatic rings. The van der Waals surface area contributed by atoms with Gasteiger partial charge in [-0.2, -0.15) is 0 Å². The largest absolute Gasteiger partial charge is 0.508 e. The van der Waals surface area contributed by atoms with Crippen molar-refractivity contribution in [2.24, 2.45) is 0 Å². The Bertz CT molecular complexity index is 558. The van der Waals surface area contributed by atoms with Crippen molar-refractivity contribution in [3.63, 3.8) is 0 Å². The maximum Gasteiger partial charge on any atom is 0.230 e. The van der Waals surface area contributed by atoms with Gasteiger partial charge < -0.3 is 10.4 Å². The molecule has 0 aliphatic rings. The molecule has 0 saturated carbocycles. The third kappa shape index (κ3) is 3.21. The molecule has 1 amide bonds. The van der Waals surface area contributed by atoms with E-state index >= 15 is 0 Å². The van der Waals surface area contributed by atoms with Gasteiger partial charge in [0.1, 0.15) is 11.6 Å². The van der Waals surface area contributed by atoms with Gasteiger partial charge in [-0.1, -0.05) is 23.7 Å². The molecular weight excluding hydrogens is 252 g/mol. The molecule has 0 radical (unpaired) electrons. The summed E-state index contributed by atoms with van der Waals surface area (Å²) in [4.78, 5) is 15.7. The average Bonchev–Trinajstić information content (AvgIpc) is 2.34. The van der Waals surface area contributed by atoms with Gasteiger partial charge in [0.25, 0.3) is 0 Å². The number of phenols is 1. The monoisotopic (exact) mass is 262 g/mol. The van der Waals surface area contributed by atoms with Crippen molar-refractivity contribution in [3.8, 4) is 5.75 Å². The van der Waals surface area contributed by atoms with E-state index in [1.54, 1.807) is 30.5 Å². The third-order valence-electron chi connectivity index (χ3n) is 2.32. The Balaban J connectivity index is 2.03. The molecule has 0 unspecified atom stereocenters. The van der Waals surface area contributed by atoms with E-state index in [-0.39, 0.29) is 18.1 Å². The molecule has 1 heterocycles. The molecule has 92 valence electrons. The van der Waals surface area contributed by atoms with Crippen LogP contribution in [0.1, 0.15) is 5.56 Å². The first-order valence-corrected chi connectivity index (χ1v) is 5.71. The molecule has 0 saturated heterocycles. The second-order valence-corrected chi connectivity index (χ2v) is 4.12. The zero-order valence-corrected chi connectivity index (χ0v) is 10.2. The minimum absolute atomic E-state index is 0.0777. The number of halogens is 1. The molecule has 1 aromatic heterocycles. The smallest absolute Gasteiger partial charge is 0.230 e. The number of rotatable bonds is 3. The Labute approximate surface area is 109 Å². The van der Waals surface area contributed by atoms with Crippen LogP contribution in [0.25, 0.3) is 0 Å². The summed E-state index contributed by atoms with van der Waals surface area (Å²) in [5.74, 6) is 0.368. The molecule has 5 heteroatoms. The van der Waals surface area contributed by atoms with Gasteiger partial charge in [-0.3, -0.25) is 4.79 Å². The summed E-state index contributed by atoms with van der Waals surface area (Å²) in [5.41, 5.74) is 0.655. The summed E-state index contributed by atoms with van der Waals surface area (Å²) in [5, 5.41) is 12.2. The predicted molar refractivity (Wildman–Crippen MR) is 69.7 cm³/mol. The summed E-state index contributed by atoms with van der Waals surface area (Å²) in [6.45, 7) is 0. The number of aromatic hydroxyl groups is 1. The quantitative estimate of drug-likeness (QED) is 0.894. The Morgan fingerprint density at radius 2 is 2.17 bits per heavy atom. The van der Waals surface area contributed by atoms with Crippen molar-refractivity contribution in [2.75, 3.05) is 5.32 Å². The maximum atomic E-state index is 11.7. The van der Waals surface area contributed by atoms with Gasteiger partial charge in [0.2, 0.25) is 5.91 Å². The van der Waals surface area contributed by atoms with Gasteiger partial charge in [-0.05, 0) is 29.8 Å². The molecule has 18 heavy (non-hydrogen) atoms. The fraction of sp³-hybridized carbons (Fsp3) is 0.0769. The van der Waals surface area contributed by atoms with E-state index in [9.17, 15) is 9.90 Å². The van der Waals surface area contributed by atoms with Crippen LogP contribution in [0.3, 0.4) is 0 Å². The fourth-order valence-electron chi connectivity index (χ4n) is 1.48. The second-order valence-electron chi connectivity index (χ2n) is 3.72. The zero-order chi connectivity index (χ0) is 13.0. The van der Waals surface area contributed by atoms with Crippen LogP contribution in [0, 0.1) is 0 Å². The summed E-state index contributed by atoms with van der Waals surface area (Å²) >= 11 is 5.92. The maximum absolute atomic E-state index is 11.7. The van der Waals surface area contributed by atoms with E-state index < -0.39 is 0 Å². The normalized spacial score (nSPS) is 10.1. The van der Waals surface area contributed by atoms with E-state index in [0.29, 0.717) is 16.4 Å². The van der Waals surface area contributed by atoms with Crippen molar-refractivity contribution in [1.29, 1.82) is 0 Å². The molecular formula is C13H11ClN2O2. The standard InChI is InChI=1S/C13H11ClN2O2/c14-11-8-10(17)5-4-9(11)7-13(18)16-12-3-1-2-6-15-12/h1-6,8,17H,7H2,(H,15,16,18).